The van der Waals surface area contributed by atoms with Gasteiger partial charge in [0, 0.05) is 42.8 Å². The van der Waals surface area contributed by atoms with Crippen molar-refractivity contribution in [2.75, 3.05) is 18.5 Å². The fraction of sp³-hybridized carbons (Fsp3) is 0.615. The highest BCUT2D eigenvalue weighted by molar-refractivity contribution is 5.53. The van der Waals surface area contributed by atoms with Gasteiger partial charge in [0.25, 0.3) is 0 Å². The highest BCUT2D eigenvalue weighted by Gasteiger charge is 2.30. The maximum absolute atomic E-state index is 12.5. The molecule has 1 aliphatic rings. The van der Waals surface area contributed by atoms with Gasteiger partial charge in [-0.15, -0.1) is 0 Å². The van der Waals surface area contributed by atoms with E-state index in [1.54, 1.807) is 19.2 Å². The molecule has 106 valence electrons. The zero-order valence-corrected chi connectivity index (χ0v) is 11.1. The van der Waals surface area contributed by atoms with E-state index in [1.807, 2.05) is 0 Å². The van der Waals surface area contributed by atoms with E-state index in [1.165, 1.54) is 11.9 Å². The number of aromatic nitrogens is 1. The molecule has 0 saturated heterocycles. The van der Waals surface area contributed by atoms with Gasteiger partial charge in [-0.3, -0.25) is 4.98 Å². The predicted molar refractivity (Wildman–Crippen MR) is 68.2 cm³/mol. The highest BCUT2D eigenvalue weighted by Crippen LogP contribution is 2.26. The van der Waals surface area contributed by atoms with Crippen molar-refractivity contribution < 1.29 is 13.2 Å². The Morgan fingerprint density at radius 1 is 1.42 bits per heavy atom. The van der Waals surface area contributed by atoms with E-state index in [-0.39, 0.29) is 0 Å². The average Bonchev–Trinajstić information content (AvgIpc) is 3.09. The molecule has 1 N–H and O–H groups in total. The molecule has 3 nitrogen and oxygen atoms in total. The largest absolute Gasteiger partial charge is 0.405 e. The molecule has 2 rings (SSSR count). The minimum absolute atomic E-state index is 0.516. The minimum Gasteiger partial charge on any atom is -0.365 e. The summed E-state index contributed by atoms with van der Waals surface area (Å²) in [6.45, 7) is 1.39. The Kier molecular flexibility index (Phi) is 3.99. The first-order valence-corrected chi connectivity index (χ1v) is 6.32. The maximum atomic E-state index is 12.5. The van der Waals surface area contributed by atoms with Crippen molar-refractivity contribution in [2.45, 2.75) is 38.5 Å². The van der Waals surface area contributed by atoms with Crippen LogP contribution in [0.1, 0.15) is 24.1 Å². The summed E-state index contributed by atoms with van der Waals surface area (Å²) >= 11 is 0. The summed E-state index contributed by atoms with van der Waals surface area (Å²) < 4.78 is 37.4. The Balaban J connectivity index is 2.12. The molecule has 1 aromatic rings. The van der Waals surface area contributed by atoms with Gasteiger partial charge in [0.15, 0.2) is 0 Å². The van der Waals surface area contributed by atoms with Gasteiger partial charge in [-0.05, 0) is 25.8 Å². The molecule has 1 aliphatic carbocycles. The maximum Gasteiger partial charge on any atom is 0.405 e. The van der Waals surface area contributed by atoms with E-state index >= 15 is 0 Å². The quantitative estimate of drug-likeness (QED) is 0.894. The number of rotatable bonds is 5. The van der Waals surface area contributed by atoms with Crippen molar-refractivity contribution >= 4 is 5.69 Å². The van der Waals surface area contributed by atoms with Crippen molar-refractivity contribution in [3.05, 3.63) is 23.5 Å². The lowest BCUT2D eigenvalue weighted by Gasteiger charge is -2.24. The third kappa shape index (κ3) is 4.38. The fourth-order valence-electron chi connectivity index (χ4n) is 1.96. The Morgan fingerprint density at radius 3 is 2.68 bits per heavy atom. The predicted octanol–water partition coefficient (Wildman–Crippen LogP) is 2.64. The molecule has 0 atom stereocenters. The van der Waals surface area contributed by atoms with Gasteiger partial charge in [-0.2, -0.15) is 13.2 Å². The van der Waals surface area contributed by atoms with Crippen LogP contribution in [-0.4, -0.2) is 30.8 Å². The van der Waals surface area contributed by atoms with E-state index in [0.717, 1.165) is 24.1 Å². The van der Waals surface area contributed by atoms with Crippen LogP contribution in [0.5, 0.6) is 0 Å². The zero-order valence-electron chi connectivity index (χ0n) is 11.1. The summed E-state index contributed by atoms with van der Waals surface area (Å²) in [7, 11) is 1.46. The molecule has 0 aromatic carbocycles. The first-order chi connectivity index (χ1) is 8.85. The van der Waals surface area contributed by atoms with Crippen molar-refractivity contribution in [3.8, 4) is 0 Å². The summed E-state index contributed by atoms with van der Waals surface area (Å²) in [5, 5.41) is 3.30. The van der Waals surface area contributed by atoms with E-state index in [2.05, 4.69) is 10.3 Å². The lowest BCUT2D eigenvalue weighted by Crippen LogP contribution is -2.32. The number of hydrogen-bond donors (Lipinski definition) is 1. The summed E-state index contributed by atoms with van der Waals surface area (Å²) in [4.78, 5) is 5.40. The van der Waals surface area contributed by atoms with Gasteiger partial charge >= 0.3 is 6.18 Å². The summed E-state index contributed by atoms with van der Waals surface area (Å²) in [6, 6.07) is 2.22. The monoisotopic (exact) mass is 273 g/mol. The van der Waals surface area contributed by atoms with Crippen LogP contribution >= 0.6 is 0 Å². The SMILES string of the molecule is Cc1cc(N(C)CC(F)(F)F)c(CNC2CC2)cn1. The van der Waals surface area contributed by atoms with Crippen LogP contribution in [0.3, 0.4) is 0 Å². The van der Waals surface area contributed by atoms with E-state index < -0.39 is 12.7 Å². The number of nitrogens with zero attached hydrogens (tertiary/aromatic N) is 2. The first kappa shape index (κ1) is 14.1. The van der Waals surface area contributed by atoms with E-state index in [4.69, 9.17) is 0 Å². The zero-order chi connectivity index (χ0) is 14.0. The third-order valence-corrected chi connectivity index (χ3v) is 3.08. The fourth-order valence-corrected chi connectivity index (χ4v) is 1.96. The Morgan fingerprint density at radius 2 is 2.11 bits per heavy atom. The number of aryl methyl sites for hydroxylation is 1. The topological polar surface area (TPSA) is 28.2 Å². The van der Waals surface area contributed by atoms with Crippen LogP contribution in [-0.2, 0) is 6.54 Å². The molecule has 0 spiro atoms. The molecular formula is C13H18F3N3. The van der Waals surface area contributed by atoms with Crippen molar-refractivity contribution in [3.63, 3.8) is 0 Å². The molecular weight excluding hydrogens is 255 g/mol. The van der Waals surface area contributed by atoms with Crippen molar-refractivity contribution in [2.24, 2.45) is 0 Å². The van der Waals surface area contributed by atoms with Gasteiger partial charge < -0.3 is 10.2 Å². The molecule has 1 heterocycles. The molecule has 0 amide bonds. The number of halogens is 3. The smallest absolute Gasteiger partial charge is 0.365 e. The molecule has 1 saturated carbocycles. The summed E-state index contributed by atoms with van der Waals surface area (Å²) in [6.07, 6.45) is -0.250. The van der Waals surface area contributed by atoms with Crippen LogP contribution < -0.4 is 10.2 Å². The van der Waals surface area contributed by atoms with Gasteiger partial charge in [0.2, 0.25) is 0 Å². The van der Waals surface area contributed by atoms with Crippen LogP contribution in [0.2, 0.25) is 0 Å². The molecule has 6 heteroatoms. The molecule has 1 aromatic heterocycles. The molecule has 1 fully saturated rings. The second-order valence-electron chi connectivity index (χ2n) is 5.08. The first-order valence-electron chi connectivity index (χ1n) is 6.32. The second kappa shape index (κ2) is 5.36. The van der Waals surface area contributed by atoms with Crippen LogP contribution in [0.15, 0.2) is 12.3 Å². The van der Waals surface area contributed by atoms with Gasteiger partial charge in [-0.25, -0.2) is 0 Å². The number of hydrogen-bond acceptors (Lipinski definition) is 3. The average molecular weight is 273 g/mol. The van der Waals surface area contributed by atoms with Gasteiger partial charge in [0.05, 0.1) is 0 Å². The normalized spacial score (nSPS) is 15.6. The van der Waals surface area contributed by atoms with Crippen molar-refractivity contribution in [1.29, 1.82) is 0 Å². The minimum atomic E-state index is -4.20. The number of anilines is 1. The van der Waals surface area contributed by atoms with E-state index in [0.29, 0.717) is 18.3 Å². The van der Waals surface area contributed by atoms with Gasteiger partial charge in [-0.1, -0.05) is 0 Å². The second-order valence-corrected chi connectivity index (χ2v) is 5.08. The van der Waals surface area contributed by atoms with Crippen LogP contribution in [0, 0.1) is 6.92 Å². The summed E-state index contributed by atoms with van der Waals surface area (Å²) in [5.74, 6) is 0. The third-order valence-electron chi connectivity index (χ3n) is 3.08. The summed E-state index contributed by atoms with van der Waals surface area (Å²) in [5.41, 5.74) is 2.13. The van der Waals surface area contributed by atoms with Crippen LogP contribution in [0.4, 0.5) is 18.9 Å². The lowest BCUT2D eigenvalue weighted by atomic mass is 10.2. The number of pyridine rings is 1. The molecule has 0 bridgehead atoms. The number of nitrogens with one attached hydrogen (secondary N) is 1. The Bertz CT molecular complexity index is 441. The van der Waals surface area contributed by atoms with E-state index in [9.17, 15) is 13.2 Å². The lowest BCUT2D eigenvalue weighted by molar-refractivity contribution is -0.119. The Labute approximate surface area is 110 Å². The van der Waals surface area contributed by atoms with Crippen molar-refractivity contribution in [1.82, 2.24) is 10.3 Å². The highest BCUT2D eigenvalue weighted by atomic mass is 19.4. The van der Waals surface area contributed by atoms with Crippen LogP contribution in [0.25, 0.3) is 0 Å². The number of alkyl halides is 3. The molecule has 0 radical (unpaired) electrons. The molecule has 0 unspecified atom stereocenters. The Hall–Kier alpha value is -1.30. The molecule has 0 aliphatic heterocycles. The van der Waals surface area contributed by atoms with Gasteiger partial charge in [0.1, 0.15) is 6.54 Å². The molecule has 19 heavy (non-hydrogen) atoms. The standard InChI is InChI=1S/C13H18F3N3/c1-9-5-12(19(2)8-13(14,15)16)10(6-17-9)7-18-11-3-4-11/h5-6,11,18H,3-4,7-8H2,1-2H3.